The molecule has 30 heavy (non-hydrogen) atoms. The van der Waals surface area contributed by atoms with Crippen LogP contribution in [0.25, 0.3) is 5.69 Å². The fourth-order valence-corrected chi connectivity index (χ4v) is 3.36. The van der Waals surface area contributed by atoms with Gasteiger partial charge in [-0.05, 0) is 62.1 Å². The minimum absolute atomic E-state index is 0.0704. The number of hydrogen-bond donors (Lipinski definition) is 3. The van der Waals surface area contributed by atoms with Crippen LogP contribution in [0.1, 0.15) is 29.8 Å². The lowest BCUT2D eigenvalue weighted by Crippen LogP contribution is -2.34. The molecule has 0 aliphatic carbocycles. The van der Waals surface area contributed by atoms with Gasteiger partial charge in [0.15, 0.2) is 5.16 Å². The predicted octanol–water partition coefficient (Wildman–Crippen LogP) is 4.05. The summed E-state index contributed by atoms with van der Waals surface area (Å²) >= 11 is 1.57. The lowest BCUT2D eigenvalue weighted by atomic mass is 10.1. The summed E-state index contributed by atoms with van der Waals surface area (Å²) in [6.45, 7) is 4.20. The monoisotopic (exact) mass is 423 g/mol. The van der Waals surface area contributed by atoms with Crippen molar-refractivity contribution in [3.05, 3.63) is 72.1 Å². The molecule has 8 heteroatoms. The van der Waals surface area contributed by atoms with E-state index in [1.165, 1.54) is 0 Å². The lowest BCUT2D eigenvalue weighted by molar-refractivity contribution is 0.0951. The number of amides is 3. The van der Waals surface area contributed by atoms with E-state index in [9.17, 15) is 9.59 Å². The Morgan fingerprint density at radius 3 is 2.40 bits per heavy atom. The summed E-state index contributed by atoms with van der Waals surface area (Å²) in [5, 5.41) is 9.35. The van der Waals surface area contributed by atoms with Crippen molar-refractivity contribution in [3.63, 3.8) is 0 Å². The maximum absolute atomic E-state index is 12.5. The zero-order valence-electron chi connectivity index (χ0n) is 17.2. The van der Waals surface area contributed by atoms with E-state index >= 15 is 0 Å². The maximum Gasteiger partial charge on any atom is 0.319 e. The molecule has 7 nitrogen and oxygen atoms in total. The Labute approximate surface area is 180 Å². The fourth-order valence-electron chi connectivity index (χ4n) is 2.83. The number of anilines is 1. The molecule has 0 atom stereocenters. The summed E-state index contributed by atoms with van der Waals surface area (Å²) in [7, 11) is 0. The number of thioether (sulfide) groups is 1. The van der Waals surface area contributed by atoms with E-state index < -0.39 is 0 Å². The molecule has 0 saturated carbocycles. The molecule has 1 aromatic heterocycles. The molecule has 1 heterocycles. The first-order valence-corrected chi connectivity index (χ1v) is 10.8. The molecule has 0 aliphatic heterocycles. The summed E-state index contributed by atoms with van der Waals surface area (Å²) in [6.07, 6.45) is 5.62. The Morgan fingerprint density at radius 1 is 1.07 bits per heavy atom. The number of nitrogens with one attached hydrogen (secondary N) is 3. The zero-order valence-corrected chi connectivity index (χ0v) is 18.0. The van der Waals surface area contributed by atoms with Crippen LogP contribution in [0.15, 0.2) is 66.1 Å². The number of rotatable bonds is 7. The Kier molecular flexibility index (Phi) is 7.13. The topological polar surface area (TPSA) is 88.1 Å². The van der Waals surface area contributed by atoms with Crippen LogP contribution in [0.4, 0.5) is 10.5 Å². The minimum Gasteiger partial charge on any atom is -0.348 e. The molecule has 0 saturated heterocycles. The molecular formula is C22H25N5O2S. The average Bonchev–Trinajstić information content (AvgIpc) is 3.21. The van der Waals surface area contributed by atoms with Crippen LogP contribution >= 0.6 is 11.8 Å². The first kappa shape index (κ1) is 21.4. The number of carbonyl (C=O) groups is 2. The van der Waals surface area contributed by atoms with Crippen LogP contribution in [-0.4, -0.2) is 33.8 Å². The van der Waals surface area contributed by atoms with Gasteiger partial charge in [0, 0.05) is 41.9 Å². The van der Waals surface area contributed by atoms with Gasteiger partial charge < -0.3 is 16.0 Å². The van der Waals surface area contributed by atoms with Gasteiger partial charge in [-0.15, -0.1) is 0 Å². The normalized spacial score (nSPS) is 10.7. The van der Waals surface area contributed by atoms with Crippen molar-refractivity contribution < 1.29 is 9.59 Å². The molecule has 156 valence electrons. The second-order valence-corrected chi connectivity index (χ2v) is 7.74. The van der Waals surface area contributed by atoms with Crippen molar-refractivity contribution in [2.75, 3.05) is 11.6 Å². The summed E-state index contributed by atoms with van der Waals surface area (Å²) < 4.78 is 1.98. The molecule has 0 unspecified atom stereocenters. The minimum atomic E-state index is -0.241. The third-order valence-electron chi connectivity index (χ3n) is 4.28. The van der Waals surface area contributed by atoms with Gasteiger partial charge in [0.2, 0.25) is 0 Å². The Bertz CT molecular complexity index is 997. The number of nitrogens with zero attached hydrogens (tertiary/aromatic N) is 2. The SMILES string of the molecule is CSc1nccn1-c1ccc(C(=O)NCc2ccc(NC(=O)NC(C)C)cc2)cc1. The molecule has 3 N–H and O–H groups in total. The van der Waals surface area contributed by atoms with E-state index in [1.54, 1.807) is 30.1 Å². The van der Waals surface area contributed by atoms with Gasteiger partial charge in [0.1, 0.15) is 0 Å². The molecule has 0 aliphatic rings. The molecule has 0 spiro atoms. The van der Waals surface area contributed by atoms with Crippen LogP contribution in [0.5, 0.6) is 0 Å². The molecule has 3 rings (SSSR count). The molecule has 3 aromatic rings. The number of benzene rings is 2. The van der Waals surface area contributed by atoms with Gasteiger partial charge in [-0.1, -0.05) is 23.9 Å². The third-order valence-corrected chi connectivity index (χ3v) is 4.95. The number of carbonyl (C=O) groups excluding carboxylic acids is 2. The van der Waals surface area contributed by atoms with Crippen LogP contribution in [0, 0.1) is 0 Å². The highest BCUT2D eigenvalue weighted by Crippen LogP contribution is 2.18. The molecule has 2 aromatic carbocycles. The van der Waals surface area contributed by atoms with Crippen LogP contribution in [0.2, 0.25) is 0 Å². The van der Waals surface area contributed by atoms with E-state index in [2.05, 4.69) is 20.9 Å². The Morgan fingerprint density at radius 2 is 1.77 bits per heavy atom. The predicted molar refractivity (Wildman–Crippen MR) is 120 cm³/mol. The van der Waals surface area contributed by atoms with Gasteiger partial charge in [-0.25, -0.2) is 9.78 Å². The molecular weight excluding hydrogens is 398 g/mol. The second-order valence-electron chi connectivity index (χ2n) is 6.96. The third kappa shape index (κ3) is 5.64. The first-order chi connectivity index (χ1) is 14.5. The zero-order chi connectivity index (χ0) is 21.5. The summed E-state index contributed by atoms with van der Waals surface area (Å²) in [5.41, 5.74) is 3.19. The van der Waals surface area contributed by atoms with Gasteiger partial charge in [-0.2, -0.15) is 0 Å². The quantitative estimate of drug-likeness (QED) is 0.500. The standard InChI is InChI=1S/C22H25N5O2S/c1-15(2)25-21(29)26-18-8-4-16(5-9-18)14-24-20(28)17-6-10-19(11-7-17)27-13-12-23-22(27)30-3/h4-13,15H,14H2,1-3H3,(H,24,28)(H2,25,26,29). The number of urea groups is 1. The van der Waals surface area contributed by atoms with Crippen molar-refractivity contribution >= 4 is 29.4 Å². The number of imidazole rings is 1. The first-order valence-electron chi connectivity index (χ1n) is 9.58. The molecule has 0 radical (unpaired) electrons. The van der Waals surface area contributed by atoms with Crippen molar-refractivity contribution in [2.24, 2.45) is 0 Å². The van der Waals surface area contributed by atoms with E-state index in [1.807, 2.05) is 67.3 Å². The average molecular weight is 424 g/mol. The van der Waals surface area contributed by atoms with Gasteiger partial charge in [-0.3, -0.25) is 9.36 Å². The van der Waals surface area contributed by atoms with Crippen LogP contribution in [0.3, 0.4) is 0 Å². The Hall–Kier alpha value is -3.26. The van der Waals surface area contributed by atoms with E-state index in [0.717, 1.165) is 16.4 Å². The van der Waals surface area contributed by atoms with E-state index in [-0.39, 0.29) is 18.0 Å². The van der Waals surface area contributed by atoms with Gasteiger partial charge in [0.05, 0.1) is 0 Å². The summed E-state index contributed by atoms with van der Waals surface area (Å²) in [5.74, 6) is -0.143. The highest BCUT2D eigenvalue weighted by Gasteiger charge is 2.08. The van der Waals surface area contributed by atoms with E-state index in [0.29, 0.717) is 17.8 Å². The fraction of sp³-hybridized carbons (Fsp3) is 0.227. The highest BCUT2D eigenvalue weighted by molar-refractivity contribution is 7.98. The van der Waals surface area contributed by atoms with E-state index in [4.69, 9.17) is 0 Å². The lowest BCUT2D eigenvalue weighted by Gasteiger charge is -2.11. The second kappa shape index (κ2) is 9.98. The van der Waals surface area contributed by atoms with Gasteiger partial charge >= 0.3 is 6.03 Å². The molecule has 0 bridgehead atoms. The van der Waals surface area contributed by atoms with Crippen molar-refractivity contribution in [1.29, 1.82) is 0 Å². The summed E-state index contributed by atoms with van der Waals surface area (Å²) in [6, 6.07) is 14.6. The highest BCUT2D eigenvalue weighted by atomic mass is 32.2. The molecule has 0 fully saturated rings. The van der Waals surface area contributed by atoms with Crippen LogP contribution in [-0.2, 0) is 6.54 Å². The van der Waals surface area contributed by atoms with Gasteiger partial charge in [0.25, 0.3) is 5.91 Å². The smallest absolute Gasteiger partial charge is 0.319 e. The molecule has 3 amide bonds. The Balaban J connectivity index is 1.54. The van der Waals surface area contributed by atoms with Crippen LogP contribution < -0.4 is 16.0 Å². The van der Waals surface area contributed by atoms with Crippen molar-refractivity contribution in [2.45, 2.75) is 31.6 Å². The largest absolute Gasteiger partial charge is 0.348 e. The van der Waals surface area contributed by atoms with Crippen molar-refractivity contribution in [1.82, 2.24) is 20.2 Å². The maximum atomic E-state index is 12.5. The number of aromatic nitrogens is 2. The number of hydrogen-bond acceptors (Lipinski definition) is 4. The van der Waals surface area contributed by atoms with Crippen molar-refractivity contribution in [3.8, 4) is 5.69 Å². The summed E-state index contributed by atoms with van der Waals surface area (Å²) in [4.78, 5) is 28.5.